The third kappa shape index (κ3) is 3.26. The molecule has 1 fully saturated rings. The summed E-state index contributed by atoms with van der Waals surface area (Å²) in [4.78, 5) is 12.3. The second-order valence-corrected chi connectivity index (χ2v) is 6.22. The van der Waals surface area contributed by atoms with E-state index in [-0.39, 0.29) is 10.0 Å². The number of hydrogen-bond donors (Lipinski definition) is 1. The number of benzene rings is 1. The third-order valence-electron chi connectivity index (χ3n) is 3.93. The summed E-state index contributed by atoms with van der Waals surface area (Å²) in [5, 5.41) is 10.4. The number of carbonyl (C=O) groups is 1. The van der Waals surface area contributed by atoms with Crippen LogP contribution in [0.1, 0.15) is 44.1 Å². The van der Waals surface area contributed by atoms with E-state index in [4.69, 9.17) is 0 Å². The van der Waals surface area contributed by atoms with Gasteiger partial charge in [0.15, 0.2) is 5.78 Å². The van der Waals surface area contributed by atoms with E-state index < -0.39 is 29.4 Å². The Kier molecular flexibility index (Phi) is 4.91. The molecule has 1 aromatic rings. The fourth-order valence-corrected chi connectivity index (χ4v) is 3.02. The Labute approximate surface area is 125 Å². The summed E-state index contributed by atoms with van der Waals surface area (Å²) in [5.41, 5.74) is -1.71. The fraction of sp³-hybridized carbons (Fsp3) is 0.533. The highest BCUT2D eigenvalue weighted by Gasteiger charge is 2.36. The van der Waals surface area contributed by atoms with Gasteiger partial charge in [0.05, 0.1) is 4.47 Å². The smallest absolute Gasteiger partial charge is 0.168 e. The normalized spacial score (nSPS) is 18.6. The number of carbonyl (C=O) groups excluding carboxylic acids is 1. The van der Waals surface area contributed by atoms with Crippen LogP contribution in [-0.2, 0) is 11.2 Å². The Morgan fingerprint density at radius 1 is 1.20 bits per heavy atom. The molecule has 110 valence electrons. The first-order valence-corrected chi connectivity index (χ1v) is 7.61. The minimum Gasteiger partial charge on any atom is -0.382 e. The first kappa shape index (κ1) is 15.6. The van der Waals surface area contributed by atoms with Crippen molar-refractivity contribution < 1.29 is 18.7 Å². The van der Waals surface area contributed by atoms with Crippen molar-refractivity contribution in [3.8, 4) is 0 Å². The molecule has 0 aromatic heterocycles. The van der Waals surface area contributed by atoms with Gasteiger partial charge in [-0.1, -0.05) is 25.7 Å². The van der Waals surface area contributed by atoms with Crippen molar-refractivity contribution >= 4 is 21.7 Å². The van der Waals surface area contributed by atoms with Gasteiger partial charge in [-0.3, -0.25) is 4.79 Å². The third-order valence-corrected chi connectivity index (χ3v) is 4.54. The summed E-state index contributed by atoms with van der Waals surface area (Å²) in [6.45, 7) is 0. The van der Waals surface area contributed by atoms with Gasteiger partial charge in [0.1, 0.15) is 17.2 Å². The maximum absolute atomic E-state index is 13.9. The van der Waals surface area contributed by atoms with Gasteiger partial charge in [0.2, 0.25) is 0 Å². The van der Waals surface area contributed by atoms with Crippen LogP contribution in [0.5, 0.6) is 0 Å². The first-order valence-electron chi connectivity index (χ1n) is 6.82. The molecule has 0 heterocycles. The van der Waals surface area contributed by atoms with E-state index in [1.807, 2.05) is 0 Å². The van der Waals surface area contributed by atoms with Crippen molar-refractivity contribution in [3.05, 3.63) is 33.8 Å². The molecule has 0 saturated heterocycles. The molecule has 0 aliphatic heterocycles. The second kappa shape index (κ2) is 6.31. The van der Waals surface area contributed by atoms with Gasteiger partial charge in [-0.05, 0) is 40.9 Å². The summed E-state index contributed by atoms with van der Waals surface area (Å²) >= 11 is 2.98. The second-order valence-electron chi connectivity index (χ2n) is 5.37. The quantitative estimate of drug-likeness (QED) is 0.665. The van der Waals surface area contributed by atoms with Crippen molar-refractivity contribution in [2.24, 2.45) is 0 Å². The van der Waals surface area contributed by atoms with Gasteiger partial charge in [0, 0.05) is 12.0 Å². The molecule has 0 amide bonds. The van der Waals surface area contributed by atoms with Gasteiger partial charge in [0.25, 0.3) is 0 Å². The Bertz CT molecular complexity index is 509. The summed E-state index contributed by atoms with van der Waals surface area (Å²) in [7, 11) is 0. The van der Waals surface area contributed by atoms with E-state index in [9.17, 15) is 18.7 Å². The highest BCUT2D eigenvalue weighted by Crippen LogP contribution is 2.30. The predicted molar refractivity (Wildman–Crippen MR) is 75.4 cm³/mol. The molecule has 1 N–H and O–H groups in total. The van der Waals surface area contributed by atoms with Gasteiger partial charge in [-0.2, -0.15) is 0 Å². The first-order chi connectivity index (χ1) is 9.44. The van der Waals surface area contributed by atoms with Crippen LogP contribution in [0.15, 0.2) is 16.6 Å². The van der Waals surface area contributed by atoms with Crippen molar-refractivity contribution in [3.63, 3.8) is 0 Å². The van der Waals surface area contributed by atoms with Gasteiger partial charge in [-0.25, -0.2) is 8.78 Å². The summed E-state index contributed by atoms with van der Waals surface area (Å²) in [6, 6.07) is 2.38. The average molecular weight is 347 g/mol. The standard InChI is InChI=1S/C15H17BrF2O2/c16-11-5-6-12(17)10(14(11)18)9-13(19)15(20)7-3-1-2-4-8-15/h5-6,20H,1-4,7-9H2. The number of halogens is 3. The van der Waals surface area contributed by atoms with Crippen molar-refractivity contribution in [2.75, 3.05) is 0 Å². The number of hydrogen-bond acceptors (Lipinski definition) is 2. The van der Waals surface area contributed by atoms with Gasteiger partial charge in [-0.15, -0.1) is 0 Å². The van der Waals surface area contributed by atoms with E-state index in [2.05, 4.69) is 15.9 Å². The zero-order chi connectivity index (χ0) is 14.8. The molecule has 1 saturated carbocycles. The Morgan fingerprint density at radius 2 is 1.80 bits per heavy atom. The van der Waals surface area contributed by atoms with Crippen LogP contribution < -0.4 is 0 Å². The maximum atomic E-state index is 13.9. The van der Waals surface area contributed by atoms with Crippen LogP contribution >= 0.6 is 15.9 Å². The molecule has 0 unspecified atom stereocenters. The molecule has 0 spiro atoms. The fourth-order valence-electron chi connectivity index (χ4n) is 2.65. The minimum absolute atomic E-state index is 0.120. The Morgan fingerprint density at radius 3 is 2.40 bits per heavy atom. The topological polar surface area (TPSA) is 37.3 Å². The molecular weight excluding hydrogens is 330 g/mol. The van der Waals surface area contributed by atoms with Crippen LogP contribution in [0.4, 0.5) is 8.78 Å². The lowest BCUT2D eigenvalue weighted by Crippen LogP contribution is -2.39. The zero-order valence-electron chi connectivity index (χ0n) is 11.1. The van der Waals surface area contributed by atoms with Crippen LogP contribution in [0.25, 0.3) is 0 Å². The SMILES string of the molecule is O=C(Cc1c(F)ccc(Br)c1F)C1(O)CCCCCC1. The molecule has 2 rings (SSSR count). The van der Waals surface area contributed by atoms with E-state index in [0.717, 1.165) is 31.7 Å². The van der Waals surface area contributed by atoms with Crippen LogP contribution in [0.3, 0.4) is 0 Å². The highest BCUT2D eigenvalue weighted by atomic mass is 79.9. The highest BCUT2D eigenvalue weighted by molar-refractivity contribution is 9.10. The van der Waals surface area contributed by atoms with Crippen LogP contribution in [0, 0.1) is 11.6 Å². The molecule has 0 atom stereocenters. The molecule has 2 nitrogen and oxygen atoms in total. The van der Waals surface area contributed by atoms with E-state index >= 15 is 0 Å². The van der Waals surface area contributed by atoms with E-state index in [0.29, 0.717) is 12.8 Å². The predicted octanol–water partition coefficient (Wildman–Crippen LogP) is 3.92. The number of rotatable bonds is 3. The Hall–Kier alpha value is -0.810. The molecule has 20 heavy (non-hydrogen) atoms. The van der Waals surface area contributed by atoms with E-state index in [1.165, 1.54) is 6.07 Å². The lowest BCUT2D eigenvalue weighted by molar-refractivity contribution is -0.138. The molecule has 0 radical (unpaired) electrons. The molecule has 0 bridgehead atoms. The van der Waals surface area contributed by atoms with Gasteiger partial charge < -0.3 is 5.11 Å². The van der Waals surface area contributed by atoms with Crippen molar-refractivity contribution in [1.82, 2.24) is 0 Å². The monoisotopic (exact) mass is 346 g/mol. The zero-order valence-corrected chi connectivity index (χ0v) is 12.7. The largest absolute Gasteiger partial charge is 0.382 e. The number of aliphatic hydroxyl groups is 1. The lowest BCUT2D eigenvalue weighted by atomic mass is 9.86. The molecular formula is C15H17BrF2O2. The average Bonchev–Trinajstić information content (AvgIpc) is 2.65. The molecule has 5 heteroatoms. The summed E-state index contributed by atoms with van der Waals surface area (Å²) in [5.74, 6) is -2.01. The van der Waals surface area contributed by atoms with Gasteiger partial charge >= 0.3 is 0 Å². The van der Waals surface area contributed by atoms with E-state index in [1.54, 1.807) is 0 Å². The van der Waals surface area contributed by atoms with Crippen LogP contribution in [-0.4, -0.2) is 16.5 Å². The molecule has 1 aromatic carbocycles. The molecule has 1 aliphatic rings. The number of ketones is 1. The Balaban J connectivity index is 2.21. The lowest BCUT2D eigenvalue weighted by Gasteiger charge is -2.25. The summed E-state index contributed by atoms with van der Waals surface area (Å²) < 4.78 is 27.7. The van der Waals surface area contributed by atoms with Crippen molar-refractivity contribution in [2.45, 2.75) is 50.5 Å². The van der Waals surface area contributed by atoms with Crippen molar-refractivity contribution in [1.29, 1.82) is 0 Å². The number of Topliss-reactive ketones (excluding diaryl/α,β-unsaturated/α-hetero) is 1. The van der Waals surface area contributed by atoms with Crippen LogP contribution in [0.2, 0.25) is 0 Å². The minimum atomic E-state index is -1.43. The summed E-state index contributed by atoms with van der Waals surface area (Å²) in [6.07, 6.45) is 3.85. The maximum Gasteiger partial charge on any atom is 0.168 e. The molecule has 1 aliphatic carbocycles.